The van der Waals surface area contributed by atoms with Gasteiger partial charge in [0.1, 0.15) is 12.3 Å². The van der Waals surface area contributed by atoms with Gasteiger partial charge in [-0.15, -0.1) is 0 Å². The monoisotopic (exact) mass is 570 g/mol. The van der Waals surface area contributed by atoms with E-state index >= 15 is 0 Å². The molecule has 0 saturated heterocycles. The maximum Gasteiger partial charge on any atom is 0.254 e. The molecule has 1 N–H and O–H groups in total. The zero-order valence-corrected chi connectivity index (χ0v) is 23.2. The Bertz CT molecular complexity index is 1630. The van der Waals surface area contributed by atoms with Crippen molar-refractivity contribution in [1.29, 1.82) is 0 Å². The Balaban J connectivity index is 1.46. The summed E-state index contributed by atoms with van der Waals surface area (Å²) in [7, 11) is 3.11. The predicted octanol–water partition coefficient (Wildman–Crippen LogP) is 6.08. The Morgan fingerprint density at radius 1 is 0.951 bits per heavy atom. The molecule has 10 heteroatoms. The summed E-state index contributed by atoms with van der Waals surface area (Å²) in [6.07, 6.45) is 3.33. The van der Waals surface area contributed by atoms with Crippen molar-refractivity contribution in [2.75, 3.05) is 26.1 Å². The average Bonchev–Trinajstić information content (AvgIpc) is 3.67. The van der Waals surface area contributed by atoms with Gasteiger partial charge in [0.15, 0.2) is 11.5 Å². The van der Waals surface area contributed by atoms with Gasteiger partial charge in [-0.05, 0) is 48.5 Å². The van der Waals surface area contributed by atoms with Crippen LogP contribution in [0.2, 0.25) is 5.02 Å². The third-order valence-corrected chi connectivity index (χ3v) is 6.56. The SMILES string of the molecule is COc1ccc(-n2cc(-c3ccc(Cl)cc3)nc2NC(=O)CN(Cc2ccco2)C(=O)c2ccccc2)cc1OC. The third kappa shape index (κ3) is 6.42. The predicted molar refractivity (Wildman–Crippen MR) is 156 cm³/mol. The van der Waals surface area contributed by atoms with Crippen molar-refractivity contribution >= 4 is 29.4 Å². The first-order valence-corrected chi connectivity index (χ1v) is 13.1. The van der Waals surface area contributed by atoms with E-state index < -0.39 is 5.91 Å². The first kappa shape index (κ1) is 27.5. The maximum absolute atomic E-state index is 13.4. The molecule has 2 amide bonds. The Labute approximate surface area is 241 Å². The minimum absolute atomic E-state index is 0.119. The molecule has 0 aliphatic heterocycles. The lowest BCUT2D eigenvalue weighted by molar-refractivity contribution is -0.117. The number of imidazole rings is 1. The van der Waals surface area contributed by atoms with Crippen LogP contribution in [-0.2, 0) is 11.3 Å². The molecule has 41 heavy (non-hydrogen) atoms. The standard InChI is InChI=1S/C31H27ClN4O5/c1-39-27-15-14-24(17-28(27)40-2)36-19-26(21-10-12-23(32)13-11-21)33-31(36)34-29(37)20-35(18-25-9-6-16-41-25)30(38)22-7-4-3-5-8-22/h3-17,19H,18,20H2,1-2H3,(H,33,34,37). The van der Waals surface area contributed by atoms with E-state index in [2.05, 4.69) is 5.32 Å². The number of furan rings is 1. The van der Waals surface area contributed by atoms with Gasteiger partial charge in [-0.2, -0.15) is 0 Å². The van der Waals surface area contributed by atoms with Gasteiger partial charge in [0.05, 0.1) is 38.4 Å². The number of benzene rings is 3. The van der Waals surface area contributed by atoms with Crippen molar-refractivity contribution in [1.82, 2.24) is 14.5 Å². The molecule has 2 heterocycles. The highest BCUT2D eigenvalue weighted by Gasteiger charge is 2.22. The number of carbonyl (C=O) groups excluding carboxylic acids is 2. The number of halogens is 1. The molecule has 0 bridgehead atoms. The molecular weight excluding hydrogens is 544 g/mol. The Kier molecular flexibility index (Phi) is 8.36. The van der Waals surface area contributed by atoms with E-state index in [1.165, 1.54) is 11.2 Å². The lowest BCUT2D eigenvalue weighted by Crippen LogP contribution is -2.37. The third-order valence-electron chi connectivity index (χ3n) is 6.31. The highest BCUT2D eigenvalue weighted by molar-refractivity contribution is 6.30. The van der Waals surface area contributed by atoms with Crippen LogP contribution in [0.3, 0.4) is 0 Å². The van der Waals surface area contributed by atoms with Crippen LogP contribution in [0.4, 0.5) is 5.95 Å². The van der Waals surface area contributed by atoms with E-state index in [1.54, 1.807) is 85.6 Å². The first-order valence-electron chi connectivity index (χ1n) is 12.7. The van der Waals surface area contributed by atoms with Crippen LogP contribution in [0, 0.1) is 0 Å². The second-order valence-electron chi connectivity index (χ2n) is 9.02. The molecule has 0 aliphatic rings. The van der Waals surface area contributed by atoms with Crippen molar-refractivity contribution in [3.63, 3.8) is 0 Å². The van der Waals surface area contributed by atoms with Crippen LogP contribution in [0.5, 0.6) is 11.5 Å². The van der Waals surface area contributed by atoms with Crippen LogP contribution in [0.15, 0.2) is 102 Å². The summed E-state index contributed by atoms with van der Waals surface area (Å²) < 4.78 is 18.0. The van der Waals surface area contributed by atoms with Crippen molar-refractivity contribution in [2.24, 2.45) is 0 Å². The van der Waals surface area contributed by atoms with Gasteiger partial charge in [-0.25, -0.2) is 4.98 Å². The zero-order valence-electron chi connectivity index (χ0n) is 22.4. The summed E-state index contributed by atoms with van der Waals surface area (Å²) >= 11 is 6.08. The van der Waals surface area contributed by atoms with Crippen LogP contribution in [0.25, 0.3) is 16.9 Å². The molecule has 9 nitrogen and oxygen atoms in total. The zero-order chi connectivity index (χ0) is 28.8. The summed E-state index contributed by atoms with van der Waals surface area (Å²) in [5.41, 5.74) is 2.56. The highest BCUT2D eigenvalue weighted by Crippen LogP contribution is 2.32. The fourth-order valence-corrected chi connectivity index (χ4v) is 4.42. The van der Waals surface area contributed by atoms with Crippen LogP contribution < -0.4 is 14.8 Å². The lowest BCUT2D eigenvalue weighted by atomic mass is 10.2. The number of carbonyl (C=O) groups is 2. The van der Waals surface area contributed by atoms with E-state index in [0.29, 0.717) is 39.2 Å². The van der Waals surface area contributed by atoms with Gasteiger partial charge in [0.25, 0.3) is 5.91 Å². The van der Waals surface area contributed by atoms with E-state index in [4.69, 9.17) is 30.5 Å². The number of hydrogen-bond donors (Lipinski definition) is 1. The minimum Gasteiger partial charge on any atom is -0.493 e. The number of ether oxygens (including phenoxy) is 2. The molecule has 0 saturated carbocycles. The molecule has 3 aromatic carbocycles. The summed E-state index contributed by atoms with van der Waals surface area (Å²) in [6, 6.07) is 24.9. The number of hydrogen-bond acceptors (Lipinski definition) is 6. The highest BCUT2D eigenvalue weighted by atomic mass is 35.5. The van der Waals surface area contributed by atoms with E-state index in [0.717, 1.165) is 5.56 Å². The lowest BCUT2D eigenvalue weighted by Gasteiger charge is -2.21. The van der Waals surface area contributed by atoms with Crippen molar-refractivity contribution in [2.45, 2.75) is 6.54 Å². The summed E-state index contributed by atoms with van der Waals surface area (Å²) in [6.45, 7) is -0.113. The molecule has 5 rings (SSSR count). The van der Waals surface area contributed by atoms with Crippen molar-refractivity contribution < 1.29 is 23.5 Å². The minimum atomic E-state index is -0.434. The Morgan fingerprint density at radius 3 is 2.39 bits per heavy atom. The Morgan fingerprint density at radius 2 is 1.71 bits per heavy atom. The molecule has 0 atom stereocenters. The molecule has 0 aliphatic carbocycles. The van der Waals surface area contributed by atoms with Gasteiger partial charge in [-0.1, -0.05) is 41.9 Å². The fourth-order valence-electron chi connectivity index (χ4n) is 4.29. The average molecular weight is 571 g/mol. The number of nitrogens with one attached hydrogen (secondary N) is 1. The topological polar surface area (TPSA) is 98.8 Å². The van der Waals surface area contributed by atoms with Gasteiger partial charge in [0, 0.05) is 28.4 Å². The van der Waals surface area contributed by atoms with Crippen LogP contribution in [-0.4, -0.2) is 47.0 Å². The summed E-state index contributed by atoms with van der Waals surface area (Å²) in [5, 5.41) is 3.48. The number of nitrogens with zero attached hydrogens (tertiary/aromatic N) is 3. The van der Waals surface area contributed by atoms with Crippen molar-refractivity contribution in [3.8, 4) is 28.4 Å². The summed E-state index contributed by atoms with van der Waals surface area (Å²) in [4.78, 5) is 32.9. The maximum atomic E-state index is 13.4. The normalized spacial score (nSPS) is 10.7. The molecule has 0 unspecified atom stereocenters. The quantitative estimate of drug-likeness (QED) is 0.218. The van der Waals surface area contributed by atoms with Gasteiger partial charge < -0.3 is 18.8 Å². The van der Waals surface area contributed by atoms with Gasteiger partial charge in [-0.3, -0.25) is 19.5 Å². The molecular formula is C31H27ClN4O5. The second kappa shape index (κ2) is 12.4. The van der Waals surface area contributed by atoms with Crippen LogP contribution in [0.1, 0.15) is 16.1 Å². The molecule has 5 aromatic rings. The Hall–Kier alpha value is -5.02. The van der Waals surface area contributed by atoms with E-state index in [-0.39, 0.29) is 24.9 Å². The van der Waals surface area contributed by atoms with Crippen LogP contribution >= 0.6 is 11.6 Å². The second-order valence-corrected chi connectivity index (χ2v) is 9.46. The first-order chi connectivity index (χ1) is 19.9. The number of rotatable bonds is 10. The number of methoxy groups -OCH3 is 2. The molecule has 0 fully saturated rings. The van der Waals surface area contributed by atoms with Gasteiger partial charge in [0.2, 0.25) is 11.9 Å². The van der Waals surface area contributed by atoms with E-state index in [9.17, 15) is 9.59 Å². The number of anilines is 1. The molecule has 2 aromatic heterocycles. The molecule has 208 valence electrons. The van der Waals surface area contributed by atoms with Crippen molar-refractivity contribution in [3.05, 3.63) is 114 Å². The van der Waals surface area contributed by atoms with E-state index in [1.807, 2.05) is 24.3 Å². The number of amides is 2. The molecule has 0 radical (unpaired) electrons. The van der Waals surface area contributed by atoms with Gasteiger partial charge >= 0.3 is 0 Å². The molecule has 0 spiro atoms. The summed E-state index contributed by atoms with van der Waals surface area (Å²) in [5.74, 6) is 1.16. The fraction of sp³-hybridized carbons (Fsp3) is 0.129. The smallest absolute Gasteiger partial charge is 0.254 e. The largest absolute Gasteiger partial charge is 0.493 e. The number of aromatic nitrogens is 2.